The molecule has 2 rings (SSSR count). The third-order valence-corrected chi connectivity index (χ3v) is 5.28. The molecule has 23 heavy (non-hydrogen) atoms. The van der Waals surface area contributed by atoms with Crippen LogP contribution in [0.4, 0.5) is 5.69 Å². The first-order valence-electron chi connectivity index (χ1n) is 7.31. The van der Waals surface area contributed by atoms with Crippen molar-refractivity contribution < 1.29 is 18.3 Å². The normalized spacial score (nSPS) is 11.2. The average molecular weight is 333 g/mol. The van der Waals surface area contributed by atoms with Gasteiger partial charge in [-0.25, -0.2) is 13.2 Å². The molecule has 0 radical (unpaired) electrons. The van der Waals surface area contributed by atoms with Crippen LogP contribution in [0.3, 0.4) is 0 Å². The van der Waals surface area contributed by atoms with Gasteiger partial charge in [-0.15, -0.1) is 0 Å². The van der Waals surface area contributed by atoms with Crippen LogP contribution in [0.15, 0.2) is 54.6 Å². The molecule has 0 aliphatic carbocycles. The van der Waals surface area contributed by atoms with Gasteiger partial charge in [-0.2, -0.15) is 0 Å². The lowest BCUT2D eigenvalue weighted by molar-refractivity contribution is 0.0697. The molecule has 0 bridgehead atoms. The van der Waals surface area contributed by atoms with E-state index in [0.29, 0.717) is 12.1 Å². The maximum absolute atomic E-state index is 12.6. The fourth-order valence-corrected chi connectivity index (χ4v) is 3.78. The predicted molar refractivity (Wildman–Crippen MR) is 90.1 cm³/mol. The van der Waals surface area contributed by atoms with Gasteiger partial charge in [0.05, 0.1) is 23.5 Å². The lowest BCUT2D eigenvalue weighted by Gasteiger charge is -2.24. The Labute approximate surface area is 136 Å². The molecule has 0 fully saturated rings. The summed E-state index contributed by atoms with van der Waals surface area (Å²) < 4.78 is 26.5. The fraction of sp³-hybridized carbons (Fsp3) is 0.235. The largest absolute Gasteiger partial charge is 0.478 e. The van der Waals surface area contributed by atoms with E-state index in [2.05, 4.69) is 0 Å². The summed E-state index contributed by atoms with van der Waals surface area (Å²) in [5.41, 5.74) is 1.27. The zero-order chi connectivity index (χ0) is 16.9. The zero-order valence-electron chi connectivity index (χ0n) is 12.8. The van der Waals surface area contributed by atoms with Crippen LogP contribution in [0, 0.1) is 0 Å². The van der Waals surface area contributed by atoms with E-state index in [1.54, 1.807) is 19.1 Å². The van der Waals surface area contributed by atoms with Crippen LogP contribution in [0.25, 0.3) is 0 Å². The van der Waals surface area contributed by atoms with Gasteiger partial charge in [-0.1, -0.05) is 43.3 Å². The van der Waals surface area contributed by atoms with Crippen molar-refractivity contribution in [2.24, 2.45) is 0 Å². The van der Waals surface area contributed by atoms with E-state index in [0.717, 1.165) is 5.56 Å². The first-order chi connectivity index (χ1) is 10.9. The highest BCUT2D eigenvalue weighted by atomic mass is 32.2. The SMILES string of the molecule is CCCS(=O)(=O)N(Cc1ccccc1)c1cccc(C(=O)O)c1. The molecule has 0 saturated heterocycles. The third-order valence-electron chi connectivity index (χ3n) is 3.35. The average Bonchev–Trinajstić information content (AvgIpc) is 2.53. The van der Waals surface area contributed by atoms with Crippen molar-refractivity contribution in [3.63, 3.8) is 0 Å². The second kappa shape index (κ2) is 7.28. The van der Waals surface area contributed by atoms with E-state index in [1.807, 2.05) is 30.3 Å². The molecule has 5 nitrogen and oxygen atoms in total. The van der Waals surface area contributed by atoms with Crippen LogP contribution in [-0.4, -0.2) is 25.2 Å². The smallest absolute Gasteiger partial charge is 0.335 e. The number of carboxylic acids is 1. The molecule has 0 unspecified atom stereocenters. The minimum Gasteiger partial charge on any atom is -0.478 e. The molecule has 0 spiro atoms. The van der Waals surface area contributed by atoms with E-state index < -0.39 is 16.0 Å². The summed E-state index contributed by atoms with van der Waals surface area (Å²) >= 11 is 0. The zero-order valence-corrected chi connectivity index (χ0v) is 13.7. The molecule has 0 atom stereocenters. The Morgan fingerprint density at radius 1 is 1.09 bits per heavy atom. The lowest BCUT2D eigenvalue weighted by atomic mass is 10.2. The maximum Gasteiger partial charge on any atom is 0.335 e. The number of carboxylic acid groups (broad SMARTS) is 1. The molecule has 2 aromatic carbocycles. The van der Waals surface area contributed by atoms with E-state index in [4.69, 9.17) is 5.11 Å². The van der Waals surface area contributed by atoms with Crippen LogP contribution in [0.5, 0.6) is 0 Å². The van der Waals surface area contributed by atoms with Crippen molar-refractivity contribution in [1.82, 2.24) is 0 Å². The number of rotatable bonds is 7. The molecule has 0 heterocycles. The van der Waals surface area contributed by atoms with E-state index in [-0.39, 0.29) is 17.9 Å². The van der Waals surface area contributed by atoms with Crippen LogP contribution in [0.1, 0.15) is 29.3 Å². The number of nitrogens with zero attached hydrogens (tertiary/aromatic N) is 1. The van der Waals surface area contributed by atoms with Crippen molar-refractivity contribution in [3.05, 3.63) is 65.7 Å². The molecule has 122 valence electrons. The summed E-state index contributed by atoms with van der Waals surface area (Å²) in [6.07, 6.45) is 0.492. The molecule has 2 aromatic rings. The molecule has 0 aromatic heterocycles. The molecule has 0 saturated carbocycles. The molecule has 0 aliphatic heterocycles. The highest BCUT2D eigenvalue weighted by Crippen LogP contribution is 2.23. The van der Waals surface area contributed by atoms with Crippen molar-refractivity contribution in [3.8, 4) is 0 Å². The second-order valence-electron chi connectivity index (χ2n) is 5.16. The van der Waals surface area contributed by atoms with Gasteiger partial charge in [0.2, 0.25) is 10.0 Å². The molecular weight excluding hydrogens is 314 g/mol. The Morgan fingerprint density at radius 2 is 1.78 bits per heavy atom. The quantitative estimate of drug-likeness (QED) is 0.845. The summed E-state index contributed by atoms with van der Waals surface area (Å²) in [5, 5.41) is 9.12. The molecular formula is C17H19NO4S. The van der Waals surface area contributed by atoms with Gasteiger partial charge in [0.15, 0.2) is 0 Å². The summed E-state index contributed by atoms with van der Waals surface area (Å²) in [7, 11) is -3.53. The predicted octanol–water partition coefficient (Wildman–Crippen LogP) is 3.13. The minimum absolute atomic E-state index is 0.0110. The highest BCUT2D eigenvalue weighted by Gasteiger charge is 2.22. The van der Waals surface area contributed by atoms with Crippen LogP contribution < -0.4 is 4.31 Å². The Balaban J connectivity index is 2.45. The van der Waals surface area contributed by atoms with Gasteiger partial charge in [-0.05, 0) is 30.2 Å². The van der Waals surface area contributed by atoms with Gasteiger partial charge >= 0.3 is 5.97 Å². The Kier molecular flexibility index (Phi) is 5.39. The topological polar surface area (TPSA) is 74.7 Å². The van der Waals surface area contributed by atoms with E-state index >= 15 is 0 Å². The van der Waals surface area contributed by atoms with Crippen molar-refractivity contribution >= 4 is 21.7 Å². The lowest BCUT2D eigenvalue weighted by Crippen LogP contribution is -2.32. The number of anilines is 1. The van der Waals surface area contributed by atoms with Crippen molar-refractivity contribution in [2.75, 3.05) is 10.1 Å². The number of hydrogen-bond donors (Lipinski definition) is 1. The third kappa shape index (κ3) is 4.32. The van der Waals surface area contributed by atoms with Gasteiger partial charge in [0.25, 0.3) is 0 Å². The number of aromatic carboxylic acids is 1. The molecule has 6 heteroatoms. The second-order valence-corrected chi connectivity index (χ2v) is 7.18. The minimum atomic E-state index is -3.53. The van der Waals surface area contributed by atoms with Crippen molar-refractivity contribution in [2.45, 2.75) is 19.9 Å². The maximum atomic E-state index is 12.6. The molecule has 0 aliphatic rings. The number of carbonyl (C=O) groups is 1. The summed E-state index contributed by atoms with van der Waals surface area (Å²) in [6, 6.07) is 15.2. The van der Waals surface area contributed by atoms with E-state index in [1.165, 1.54) is 16.4 Å². The van der Waals surface area contributed by atoms with Crippen LogP contribution in [0.2, 0.25) is 0 Å². The fourth-order valence-electron chi connectivity index (χ4n) is 2.26. The number of sulfonamides is 1. The van der Waals surface area contributed by atoms with Crippen LogP contribution in [-0.2, 0) is 16.6 Å². The van der Waals surface area contributed by atoms with Gasteiger partial charge < -0.3 is 5.11 Å². The Hall–Kier alpha value is -2.34. The highest BCUT2D eigenvalue weighted by molar-refractivity contribution is 7.92. The first-order valence-corrected chi connectivity index (χ1v) is 8.92. The number of hydrogen-bond acceptors (Lipinski definition) is 3. The number of benzene rings is 2. The monoisotopic (exact) mass is 333 g/mol. The summed E-state index contributed by atoms with van der Waals surface area (Å²) in [5.74, 6) is -1.07. The van der Waals surface area contributed by atoms with Gasteiger partial charge in [-0.3, -0.25) is 4.31 Å². The van der Waals surface area contributed by atoms with Gasteiger partial charge in [0, 0.05) is 0 Å². The molecule has 0 amide bonds. The Bertz CT molecular complexity index is 772. The standard InChI is InChI=1S/C17H19NO4S/c1-2-11-23(21,22)18(13-14-7-4-3-5-8-14)16-10-6-9-15(12-16)17(19)20/h3-10,12H,2,11,13H2,1H3,(H,19,20). The summed E-state index contributed by atoms with van der Waals surface area (Å²) in [4.78, 5) is 11.1. The molecule has 1 N–H and O–H groups in total. The summed E-state index contributed by atoms with van der Waals surface area (Å²) in [6.45, 7) is 1.97. The van der Waals surface area contributed by atoms with Crippen molar-refractivity contribution in [1.29, 1.82) is 0 Å². The van der Waals surface area contributed by atoms with E-state index in [9.17, 15) is 13.2 Å². The Morgan fingerprint density at radius 3 is 2.39 bits per heavy atom. The van der Waals surface area contributed by atoms with Gasteiger partial charge in [0.1, 0.15) is 0 Å². The first kappa shape index (κ1) is 17.0. The van der Waals surface area contributed by atoms with Crippen LogP contribution >= 0.6 is 0 Å².